The van der Waals surface area contributed by atoms with Gasteiger partial charge in [0.1, 0.15) is 9.84 Å². The molecule has 2 unspecified atom stereocenters. The summed E-state index contributed by atoms with van der Waals surface area (Å²) in [7, 11) is -2.72. The Labute approximate surface area is 79.6 Å². The number of nitrogens with two attached hydrogens (primary N) is 1. The SMILES string of the molecule is CC1CC1(N)C1CCS(=O)(=O)CC1. The van der Waals surface area contributed by atoms with Crippen LogP contribution in [-0.4, -0.2) is 25.5 Å². The van der Waals surface area contributed by atoms with Crippen molar-refractivity contribution >= 4 is 9.84 Å². The van der Waals surface area contributed by atoms with E-state index in [1.165, 1.54) is 0 Å². The highest BCUT2D eigenvalue weighted by Crippen LogP contribution is 2.49. The van der Waals surface area contributed by atoms with Gasteiger partial charge in [0.2, 0.25) is 0 Å². The van der Waals surface area contributed by atoms with Crippen molar-refractivity contribution in [3.8, 4) is 0 Å². The van der Waals surface area contributed by atoms with Crippen LogP contribution in [-0.2, 0) is 9.84 Å². The van der Waals surface area contributed by atoms with E-state index in [1.54, 1.807) is 0 Å². The fourth-order valence-electron chi connectivity index (χ4n) is 2.47. The summed E-state index contributed by atoms with van der Waals surface area (Å²) in [5.41, 5.74) is 6.14. The van der Waals surface area contributed by atoms with Crippen LogP contribution in [0.15, 0.2) is 0 Å². The number of rotatable bonds is 1. The van der Waals surface area contributed by atoms with E-state index in [4.69, 9.17) is 5.73 Å². The first kappa shape index (κ1) is 9.46. The summed E-state index contributed by atoms with van der Waals surface area (Å²) in [6, 6.07) is 0. The highest BCUT2D eigenvalue weighted by molar-refractivity contribution is 7.91. The van der Waals surface area contributed by atoms with Gasteiger partial charge in [-0.1, -0.05) is 6.92 Å². The first-order chi connectivity index (χ1) is 5.94. The zero-order valence-corrected chi connectivity index (χ0v) is 8.81. The zero-order chi connectivity index (χ0) is 9.69. The van der Waals surface area contributed by atoms with Crippen LogP contribution in [0.3, 0.4) is 0 Å². The lowest BCUT2D eigenvalue weighted by Crippen LogP contribution is -2.39. The molecule has 0 aromatic heterocycles. The van der Waals surface area contributed by atoms with Crippen molar-refractivity contribution in [3.05, 3.63) is 0 Å². The van der Waals surface area contributed by atoms with E-state index >= 15 is 0 Å². The van der Waals surface area contributed by atoms with Crippen molar-refractivity contribution in [2.24, 2.45) is 17.6 Å². The second kappa shape index (κ2) is 2.70. The number of hydrogen-bond donors (Lipinski definition) is 1. The molecule has 1 heterocycles. The quantitative estimate of drug-likeness (QED) is 0.677. The van der Waals surface area contributed by atoms with E-state index < -0.39 is 9.84 Å². The van der Waals surface area contributed by atoms with Crippen molar-refractivity contribution in [2.75, 3.05) is 11.5 Å². The van der Waals surface area contributed by atoms with Gasteiger partial charge in [-0.3, -0.25) is 0 Å². The summed E-state index contributed by atoms with van der Waals surface area (Å²) in [5, 5.41) is 0. The van der Waals surface area contributed by atoms with Crippen molar-refractivity contribution < 1.29 is 8.42 Å². The topological polar surface area (TPSA) is 60.2 Å². The van der Waals surface area contributed by atoms with Crippen LogP contribution in [0.1, 0.15) is 26.2 Å². The molecular formula is C9H17NO2S. The lowest BCUT2D eigenvalue weighted by molar-refractivity contribution is 0.350. The fraction of sp³-hybridized carbons (Fsp3) is 1.00. The summed E-state index contributed by atoms with van der Waals surface area (Å²) in [5.74, 6) is 1.75. The van der Waals surface area contributed by atoms with E-state index in [-0.39, 0.29) is 5.54 Å². The summed E-state index contributed by atoms with van der Waals surface area (Å²) < 4.78 is 22.4. The molecule has 0 radical (unpaired) electrons. The van der Waals surface area contributed by atoms with Crippen molar-refractivity contribution in [3.63, 3.8) is 0 Å². The fourth-order valence-corrected chi connectivity index (χ4v) is 3.96. The lowest BCUT2D eigenvalue weighted by atomic mass is 9.90. The maximum absolute atomic E-state index is 11.2. The molecule has 1 aliphatic carbocycles. The van der Waals surface area contributed by atoms with Crippen molar-refractivity contribution in [1.29, 1.82) is 0 Å². The second-order valence-corrected chi connectivity index (χ2v) is 6.95. The summed E-state index contributed by atoms with van der Waals surface area (Å²) >= 11 is 0. The molecule has 2 aliphatic rings. The Hall–Kier alpha value is -0.0900. The molecule has 3 nitrogen and oxygen atoms in total. The first-order valence-corrected chi connectivity index (χ1v) is 6.75. The van der Waals surface area contributed by atoms with Crippen LogP contribution in [0.4, 0.5) is 0 Å². The Morgan fingerprint density at radius 3 is 2.15 bits per heavy atom. The van der Waals surface area contributed by atoms with Crippen molar-refractivity contribution in [1.82, 2.24) is 0 Å². The van der Waals surface area contributed by atoms with Crippen LogP contribution in [0.25, 0.3) is 0 Å². The van der Waals surface area contributed by atoms with Crippen LogP contribution in [0.5, 0.6) is 0 Å². The molecule has 1 saturated carbocycles. The third-order valence-corrected chi connectivity index (χ3v) is 5.45. The molecule has 2 fully saturated rings. The van der Waals surface area contributed by atoms with Crippen LogP contribution in [0, 0.1) is 11.8 Å². The van der Waals surface area contributed by atoms with Gasteiger partial charge < -0.3 is 5.73 Å². The van der Waals surface area contributed by atoms with Crippen LogP contribution in [0.2, 0.25) is 0 Å². The maximum Gasteiger partial charge on any atom is 0.150 e. The third-order valence-electron chi connectivity index (χ3n) is 3.73. The molecule has 2 rings (SSSR count). The molecule has 2 atom stereocenters. The van der Waals surface area contributed by atoms with E-state index in [9.17, 15) is 8.42 Å². The predicted molar refractivity (Wildman–Crippen MR) is 52.1 cm³/mol. The molecule has 2 N–H and O–H groups in total. The molecule has 0 aromatic rings. The van der Waals surface area contributed by atoms with Crippen LogP contribution < -0.4 is 5.73 Å². The maximum atomic E-state index is 11.2. The minimum atomic E-state index is -2.72. The normalized spacial score (nSPS) is 44.6. The summed E-state index contributed by atoms with van der Waals surface area (Å²) in [4.78, 5) is 0. The van der Waals surface area contributed by atoms with Gasteiger partial charge in [-0.2, -0.15) is 0 Å². The smallest absolute Gasteiger partial charge is 0.150 e. The van der Waals surface area contributed by atoms with E-state index in [2.05, 4.69) is 6.92 Å². The van der Waals surface area contributed by atoms with Gasteiger partial charge in [0, 0.05) is 5.54 Å². The monoisotopic (exact) mass is 203 g/mol. The molecule has 0 spiro atoms. The molecule has 13 heavy (non-hydrogen) atoms. The van der Waals surface area contributed by atoms with Gasteiger partial charge in [-0.15, -0.1) is 0 Å². The Morgan fingerprint density at radius 2 is 1.77 bits per heavy atom. The standard InChI is InChI=1S/C9H17NO2S/c1-7-6-9(7,10)8-2-4-13(11,12)5-3-8/h7-8H,2-6,10H2,1H3. The van der Waals surface area contributed by atoms with Gasteiger partial charge in [-0.05, 0) is 31.1 Å². The predicted octanol–water partition coefficient (Wildman–Crippen LogP) is 0.548. The molecular weight excluding hydrogens is 186 g/mol. The Morgan fingerprint density at radius 1 is 1.31 bits per heavy atom. The Balaban J connectivity index is 2.00. The minimum Gasteiger partial charge on any atom is -0.325 e. The molecule has 76 valence electrons. The third kappa shape index (κ3) is 1.62. The highest BCUT2D eigenvalue weighted by Gasteiger charge is 2.53. The number of hydrogen-bond acceptors (Lipinski definition) is 3. The van der Waals surface area contributed by atoms with Gasteiger partial charge in [0.05, 0.1) is 11.5 Å². The first-order valence-electron chi connectivity index (χ1n) is 4.93. The van der Waals surface area contributed by atoms with E-state index in [0.717, 1.165) is 19.3 Å². The van der Waals surface area contributed by atoms with Gasteiger partial charge in [-0.25, -0.2) is 8.42 Å². The molecule has 1 aliphatic heterocycles. The Kier molecular flexibility index (Phi) is 1.97. The van der Waals surface area contributed by atoms with Crippen molar-refractivity contribution in [2.45, 2.75) is 31.7 Å². The lowest BCUT2D eigenvalue weighted by Gasteiger charge is -2.28. The largest absolute Gasteiger partial charge is 0.325 e. The molecule has 4 heteroatoms. The van der Waals surface area contributed by atoms with Crippen LogP contribution >= 0.6 is 0 Å². The molecule has 0 bridgehead atoms. The average molecular weight is 203 g/mol. The second-order valence-electron chi connectivity index (χ2n) is 4.64. The minimum absolute atomic E-state index is 0.0179. The van der Waals surface area contributed by atoms with E-state index in [0.29, 0.717) is 23.3 Å². The Bertz CT molecular complexity index is 298. The van der Waals surface area contributed by atoms with Gasteiger partial charge in [0.25, 0.3) is 0 Å². The van der Waals surface area contributed by atoms with Gasteiger partial charge in [0.15, 0.2) is 0 Å². The summed E-state index contributed by atoms with van der Waals surface area (Å²) in [6.07, 6.45) is 2.64. The van der Waals surface area contributed by atoms with Gasteiger partial charge >= 0.3 is 0 Å². The molecule has 0 amide bonds. The van der Waals surface area contributed by atoms with E-state index in [1.807, 2.05) is 0 Å². The average Bonchev–Trinajstić information content (AvgIpc) is 2.60. The molecule has 1 saturated heterocycles. The number of sulfone groups is 1. The highest BCUT2D eigenvalue weighted by atomic mass is 32.2. The zero-order valence-electron chi connectivity index (χ0n) is 7.99. The summed E-state index contributed by atoms with van der Waals surface area (Å²) in [6.45, 7) is 2.16. The molecule has 0 aromatic carbocycles.